The fourth-order valence-electron chi connectivity index (χ4n) is 1.06. The molecule has 0 fully saturated rings. The van der Waals surface area contributed by atoms with Crippen molar-refractivity contribution in [3.05, 3.63) is 0 Å². The van der Waals surface area contributed by atoms with Gasteiger partial charge in [0, 0.05) is 19.3 Å². The van der Waals surface area contributed by atoms with Gasteiger partial charge in [-0.15, -0.1) is 11.8 Å². The predicted molar refractivity (Wildman–Crippen MR) is 53.4 cm³/mol. The lowest BCUT2D eigenvalue weighted by atomic mass is 10.1. The molecule has 0 heterocycles. The van der Waals surface area contributed by atoms with Gasteiger partial charge < -0.3 is 5.11 Å². The summed E-state index contributed by atoms with van der Waals surface area (Å²) in [5, 5.41) is 8.36. The highest BCUT2D eigenvalue weighted by molar-refractivity contribution is 5.66. The topological polar surface area (TPSA) is 37.3 Å². The smallest absolute Gasteiger partial charge is 0.303 e. The minimum absolute atomic E-state index is 0.306. The summed E-state index contributed by atoms with van der Waals surface area (Å²) in [7, 11) is 0. The third kappa shape index (κ3) is 11.0. The molecule has 0 radical (unpaired) electrons. The molecule has 0 aliphatic carbocycles. The largest absolute Gasteiger partial charge is 0.481 e. The number of carboxylic acid groups (broad SMARTS) is 1. The number of carboxylic acids is 1. The Labute approximate surface area is 80.3 Å². The second-order valence-corrected chi connectivity index (χ2v) is 3.02. The molecular formula is C11H18O2. The molecule has 0 saturated heterocycles. The second kappa shape index (κ2) is 9.12. The van der Waals surface area contributed by atoms with E-state index in [1.165, 1.54) is 0 Å². The Morgan fingerprint density at radius 2 is 1.85 bits per heavy atom. The van der Waals surface area contributed by atoms with Crippen LogP contribution in [0.5, 0.6) is 0 Å². The van der Waals surface area contributed by atoms with Crippen LogP contribution in [0.3, 0.4) is 0 Å². The van der Waals surface area contributed by atoms with Gasteiger partial charge in [0.15, 0.2) is 0 Å². The van der Waals surface area contributed by atoms with Crippen LogP contribution in [0.25, 0.3) is 0 Å². The maximum absolute atomic E-state index is 10.2. The molecule has 0 amide bonds. The molecule has 0 aliphatic rings. The van der Waals surface area contributed by atoms with Crippen molar-refractivity contribution >= 4 is 5.97 Å². The van der Waals surface area contributed by atoms with Gasteiger partial charge in [-0.05, 0) is 12.8 Å². The highest BCUT2D eigenvalue weighted by atomic mass is 16.4. The van der Waals surface area contributed by atoms with E-state index in [1.807, 2.05) is 6.92 Å². The summed E-state index contributed by atoms with van der Waals surface area (Å²) in [5.41, 5.74) is 0. The molecular weight excluding hydrogens is 164 g/mol. The van der Waals surface area contributed by atoms with Crippen molar-refractivity contribution in [2.75, 3.05) is 0 Å². The Morgan fingerprint density at radius 3 is 2.46 bits per heavy atom. The molecule has 0 aromatic rings. The number of unbranched alkanes of at least 4 members (excludes halogenated alkanes) is 4. The molecule has 13 heavy (non-hydrogen) atoms. The molecule has 0 saturated carbocycles. The van der Waals surface area contributed by atoms with Crippen molar-refractivity contribution in [2.45, 2.75) is 51.9 Å². The van der Waals surface area contributed by atoms with Crippen LogP contribution in [-0.4, -0.2) is 11.1 Å². The number of aliphatic carboxylic acids is 1. The Kier molecular flexibility index (Phi) is 8.44. The van der Waals surface area contributed by atoms with E-state index in [0.29, 0.717) is 6.42 Å². The summed E-state index contributed by atoms with van der Waals surface area (Å²) in [6, 6.07) is 0. The van der Waals surface area contributed by atoms with Crippen LogP contribution < -0.4 is 0 Å². The summed E-state index contributed by atoms with van der Waals surface area (Å²) >= 11 is 0. The molecule has 2 nitrogen and oxygen atoms in total. The van der Waals surface area contributed by atoms with E-state index in [1.54, 1.807) is 0 Å². The lowest BCUT2D eigenvalue weighted by molar-refractivity contribution is -0.137. The van der Waals surface area contributed by atoms with Crippen LogP contribution in [0.1, 0.15) is 51.9 Å². The molecule has 0 aromatic carbocycles. The van der Waals surface area contributed by atoms with E-state index in [-0.39, 0.29) is 0 Å². The standard InChI is InChI=1S/C11H18O2/c1-2-3-4-5-6-7-8-9-10-11(12)13/h2,5-10H2,1H3,(H,12,13). The van der Waals surface area contributed by atoms with Crippen LogP contribution in [0.2, 0.25) is 0 Å². The van der Waals surface area contributed by atoms with E-state index >= 15 is 0 Å². The normalized spacial score (nSPS) is 9.00. The van der Waals surface area contributed by atoms with Crippen LogP contribution in [0.4, 0.5) is 0 Å². The number of carbonyl (C=O) groups is 1. The molecule has 0 unspecified atom stereocenters. The number of hydrogen-bond acceptors (Lipinski definition) is 1. The molecule has 0 bridgehead atoms. The molecule has 0 aliphatic heterocycles. The first-order valence-corrected chi connectivity index (χ1v) is 4.95. The maximum atomic E-state index is 10.2. The molecule has 0 aromatic heterocycles. The highest BCUT2D eigenvalue weighted by Crippen LogP contribution is 2.04. The van der Waals surface area contributed by atoms with Crippen LogP contribution >= 0.6 is 0 Å². The van der Waals surface area contributed by atoms with Gasteiger partial charge >= 0.3 is 5.97 Å². The SMILES string of the molecule is CCC#CCCCCCCC(=O)O. The van der Waals surface area contributed by atoms with E-state index in [0.717, 1.165) is 38.5 Å². The van der Waals surface area contributed by atoms with Crippen LogP contribution in [0, 0.1) is 11.8 Å². The quantitative estimate of drug-likeness (QED) is 0.506. The lowest BCUT2D eigenvalue weighted by Crippen LogP contribution is -1.93. The van der Waals surface area contributed by atoms with Gasteiger partial charge in [0.25, 0.3) is 0 Å². The summed E-state index contributed by atoms with van der Waals surface area (Å²) in [6.07, 6.45) is 6.22. The van der Waals surface area contributed by atoms with Crippen molar-refractivity contribution in [2.24, 2.45) is 0 Å². The van der Waals surface area contributed by atoms with Gasteiger partial charge in [-0.2, -0.15) is 0 Å². The van der Waals surface area contributed by atoms with Crippen molar-refractivity contribution < 1.29 is 9.90 Å². The monoisotopic (exact) mass is 182 g/mol. The van der Waals surface area contributed by atoms with Gasteiger partial charge in [-0.1, -0.05) is 19.8 Å². The van der Waals surface area contributed by atoms with E-state index < -0.39 is 5.97 Å². The van der Waals surface area contributed by atoms with Crippen molar-refractivity contribution in [1.29, 1.82) is 0 Å². The average Bonchev–Trinajstić information content (AvgIpc) is 2.09. The van der Waals surface area contributed by atoms with Gasteiger partial charge in [0.2, 0.25) is 0 Å². The van der Waals surface area contributed by atoms with Gasteiger partial charge in [-0.25, -0.2) is 0 Å². The molecule has 0 spiro atoms. The molecule has 2 heteroatoms. The van der Waals surface area contributed by atoms with Crippen LogP contribution in [-0.2, 0) is 4.79 Å². The average molecular weight is 182 g/mol. The maximum Gasteiger partial charge on any atom is 0.303 e. The Hall–Kier alpha value is -0.970. The van der Waals surface area contributed by atoms with Crippen molar-refractivity contribution in [1.82, 2.24) is 0 Å². The van der Waals surface area contributed by atoms with Crippen molar-refractivity contribution in [3.63, 3.8) is 0 Å². The first kappa shape index (κ1) is 12.0. The molecule has 0 rings (SSSR count). The van der Waals surface area contributed by atoms with Gasteiger partial charge in [0.05, 0.1) is 0 Å². The zero-order chi connectivity index (χ0) is 9.94. The van der Waals surface area contributed by atoms with Crippen LogP contribution in [0.15, 0.2) is 0 Å². The summed E-state index contributed by atoms with van der Waals surface area (Å²) in [4.78, 5) is 10.2. The van der Waals surface area contributed by atoms with Gasteiger partial charge in [0.1, 0.15) is 0 Å². The van der Waals surface area contributed by atoms with E-state index in [4.69, 9.17) is 5.11 Å². The fourth-order valence-corrected chi connectivity index (χ4v) is 1.06. The Morgan fingerprint density at radius 1 is 1.15 bits per heavy atom. The zero-order valence-corrected chi connectivity index (χ0v) is 8.31. The zero-order valence-electron chi connectivity index (χ0n) is 8.31. The molecule has 1 N–H and O–H groups in total. The van der Waals surface area contributed by atoms with E-state index in [2.05, 4.69) is 11.8 Å². The van der Waals surface area contributed by atoms with Crippen molar-refractivity contribution in [3.8, 4) is 11.8 Å². The number of hydrogen-bond donors (Lipinski definition) is 1. The summed E-state index contributed by atoms with van der Waals surface area (Å²) in [6.45, 7) is 2.04. The highest BCUT2D eigenvalue weighted by Gasteiger charge is 1.95. The fraction of sp³-hybridized carbons (Fsp3) is 0.727. The first-order valence-electron chi connectivity index (χ1n) is 4.95. The minimum atomic E-state index is -0.689. The van der Waals surface area contributed by atoms with E-state index in [9.17, 15) is 4.79 Å². The second-order valence-electron chi connectivity index (χ2n) is 3.02. The van der Waals surface area contributed by atoms with Gasteiger partial charge in [-0.3, -0.25) is 4.79 Å². The Balaban J connectivity index is 3.04. The number of rotatable bonds is 6. The third-order valence-electron chi connectivity index (χ3n) is 1.74. The lowest BCUT2D eigenvalue weighted by Gasteiger charge is -1.95. The molecule has 74 valence electrons. The predicted octanol–water partition coefficient (Wildman–Crippen LogP) is 2.83. The first-order chi connectivity index (χ1) is 6.27. The summed E-state index contributed by atoms with van der Waals surface area (Å²) in [5.74, 6) is 5.39. The minimum Gasteiger partial charge on any atom is -0.481 e. The Bertz CT molecular complexity index is 186. The third-order valence-corrected chi connectivity index (χ3v) is 1.74. The summed E-state index contributed by atoms with van der Waals surface area (Å²) < 4.78 is 0. The molecule has 0 atom stereocenters.